The Kier molecular flexibility index (Phi) is 4.56. The van der Waals surface area contributed by atoms with Crippen LogP contribution in [0.2, 0.25) is 0 Å². The third-order valence-corrected chi connectivity index (χ3v) is 4.94. The first-order valence-corrected chi connectivity index (χ1v) is 7.64. The Bertz CT molecular complexity index is 456. The minimum absolute atomic E-state index is 0.129. The van der Waals surface area contributed by atoms with Gasteiger partial charge in [-0.3, -0.25) is 4.79 Å². The molecule has 2 N–H and O–H groups in total. The van der Waals surface area contributed by atoms with Gasteiger partial charge in [-0.25, -0.2) is 0 Å². The van der Waals surface area contributed by atoms with Gasteiger partial charge < -0.3 is 5.73 Å². The fourth-order valence-electron chi connectivity index (χ4n) is 3.64. The van der Waals surface area contributed by atoms with Crippen LogP contribution < -0.4 is 5.73 Å². The predicted octanol–water partition coefficient (Wildman–Crippen LogP) is 3.90. The van der Waals surface area contributed by atoms with Gasteiger partial charge in [0.2, 0.25) is 5.91 Å². The molecule has 2 rings (SSSR count). The smallest absolute Gasteiger partial charge is 0.224 e. The van der Waals surface area contributed by atoms with E-state index in [-0.39, 0.29) is 17.2 Å². The molecule has 0 aliphatic heterocycles. The topological polar surface area (TPSA) is 43.1 Å². The number of hydrogen-bond donors (Lipinski definition) is 2. The van der Waals surface area contributed by atoms with E-state index in [0.29, 0.717) is 0 Å². The van der Waals surface area contributed by atoms with E-state index in [4.69, 9.17) is 5.73 Å². The summed E-state index contributed by atoms with van der Waals surface area (Å²) in [6.07, 6.45) is 6.12. The molecular formula is C16H23NOS. The Labute approximate surface area is 121 Å². The lowest BCUT2D eigenvalue weighted by molar-refractivity contribution is -0.131. The van der Waals surface area contributed by atoms with Gasteiger partial charge in [0.05, 0.1) is 5.41 Å². The Morgan fingerprint density at radius 2 is 2.16 bits per heavy atom. The molecule has 1 aromatic rings. The fourth-order valence-corrected chi connectivity index (χ4v) is 3.95. The molecule has 1 aliphatic carbocycles. The molecule has 104 valence electrons. The lowest BCUT2D eigenvalue weighted by Gasteiger charge is -2.42. The van der Waals surface area contributed by atoms with Gasteiger partial charge in [-0.05, 0) is 36.8 Å². The minimum atomic E-state index is -0.369. The summed E-state index contributed by atoms with van der Waals surface area (Å²) in [7, 11) is 0. The second-order valence-electron chi connectivity index (χ2n) is 5.63. The lowest BCUT2D eigenvalue weighted by atomic mass is 9.61. The summed E-state index contributed by atoms with van der Waals surface area (Å²) < 4.78 is 0. The Morgan fingerprint density at radius 3 is 2.79 bits per heavy atom. The molecule has 1 aromatic carbocycles. The number of carbonyl (C=O) groups is 1. The van der Waals surface area contributed by atoms with Crippen LogP contribution in [0, 0.1) is 5.41 Å². The number of hydrogen-bond acceptors (Lipinski definition) is 2. The van der Waals surface area contributed by atoms with Crippen LogP contribution in [0.1, 0.15) is 56.9 Å². The summed E-state index contributed by atoms with van der Waals surface area (Å²) in [6.45, 7) is 2.13. The van der Waals surface area contributed by atoms with Gasteiger partial charge in [0.25, 0.3) is 0 Å². The highest BCUT2D eigenvalue weighted by atomic mass is 32.1. The van der Waals surface area contributed by atoms with Crippen molar-refractivity contribution in [3.63, 3.8) is 0 Å². The molecule has 3 heteroatoms. The van der Waals surface area contributed by atoms with Crippen molar-refractivity contribution in [1.82, 2.24) is 0 Å². The van der Waals surface area contributed by atoms with E-state index in [1.165, 1.54) is 12.0 Å². The van der Waals surface area contributed by atoms with Crippen molar-refractivity contribution in [3.8, 4) is 0 Å². The lowest BCUT2D eigenvalue weighted by Crippen LogP contribution is -2.44. The van der Waals surface area contributed by atoms with Gasteiger partial charge in [0.1, 0.15) is 0 Å². The molecule has 0 saturated heterocycles. The summed E-state index contributed by atoms with van der Waals surface area (Å²) in [5, 5.41) is 0. The number of primary amides is 1. The summed E-state index contributed by atoms with van der Waals surface area (Å²) in [5.74, 6) is 0.100. The Morgan fingerprint density at radius 1 is 1.42 bits per heavy atom. The average molecular weight is 277 g/mol. The van der Waals surface area contributed by atoms with Gasteiger partial charge >= 0.3 is 0 Å². The van der Waals surface area contributed by atoms with Crippen molar-refractivity contribution >= 4 is 18.5 Å². The molecule has 2 unspecified atom stereocenters. The SMILES string of the molecule is CCCC1(C(N)=O)CCCCC1c1ccccc1S. The molecule has 1 amide bonds. The highest BCUT2D eigenvalue weighted by Gasteiger charge is 2.45. The van der Waals surface area contributed by atoms with Gasteiger partial charge in [-0.2, -0.15) is 0 Å². The van der Waals surface area contributed by atoms with Crippen molar-refractivity contribution < 1.29 is 4.79 Å². The maximum atomic E-state index is 12.2. The molecule has 2 atom stereocenters. The van der Waals surface area contributed by atoms with Crippen molar-refractivity contribution in [2.24, 2.45) is 11.1 Å². The van der Waals surface area contributed by atoms with Crippen molar-refractivity contribution in [3.05, 3.63) is 29.8 Å². The summed E-state index contributed by atoms with van der Waals surface area (Å²) in [5.41, 5.74) is 6.63. The van der Waals surface area contributed by atoms with Crippen LogP contribution in [-0.4, -0.2) is 5.91 Å². The average Bonchev–Trinajstić information content (AvgIpc) is 2.40. The zero-order valence-corrected chi connectivity index (χ0v) is 12.5. The molecular weight excluding hydrogens is 254 g/mol. The molecule has 19 heavy (non-hydrogen) atoms. The van der Waals surface area contributed by atoms with Gasteiger partial charge in [0.15, 0.2) is 0 Å². The van der Waals surface area contributed by atoms with E-state index in [9.17, 15) is 4.79 Å². The van der Waals surface area contributed by atoms with Crippen LogP contribution >= 0.6 is 12.6 Å². The van der Waals surface area contributed by atoms with Crippen LogP contribution in [0.25, 0.3) is 0 Å². The largest absolute Gasteiger partial charge is 0.369 e. The van der Waals surface area contributed by atoms with Crippen LogP contribution in [-0.2, 0) is 4.79 Å². The summed E-state index contributed by atoms with van der Waals surface area (Å²) >= 11 is 4.57. The maximum Gasteiger partial charge on any atom is 0.224 e. The number of nitrogens with two attached hydrogens (primary N) is 1. The zero-order chi connectivity index (χ0) is 13.9. The molecule has 0 bridgehead atoms. The molecule has 0 spiro atoms. The highest BCUT2D eigenvalue weighted by Crippen LogP contribution is 2.51. The first kappa shape index (κ1) is 14.4. The maximum absolute atomic E-state index is 12.2. The van der Waals surface area contributed by atoms with Crippen LogP contribution in [0.5, 0.6) is 0 Å². The summed E-state index contributed by atoms with van der Waals surface area (Å²) in [4.78, 5) is 13.1. The van der Waals surface area contributed by atoms with Gasteiger partial charge in [-0.15, -0.1) is 12.6 Å². The number of benzene rings is 1. The molecule has 1 saturated carbocycles. The normalized spacial score (nSPS) is 27.2. The van der Waals surface area contributed by atoms with E-state index >= 15 is 0 Å². The molecule has 0 aromatic heterocycles. The van der Waals surface area contributed by atoms with E-state index in [2.05, 4.69) is 25.6 Å². The first-order valence-electron chi connectivity index (χ1n) is 7.19. The standard InChI is InChI=1S/C16H23NOS/c1-2-10-16(15(17)18)11-6-5-8-13(16)12-7-3-4-9-14(12)19/h3-4,7,9,13,19H,2,5-6,8,10-11H2,1H3,(H2,17,18). The van der Waals surface area contributed by atoms with E-state index in [1.54, 1.807) is 0 Å². The number of rotatable bonds is 4. The molecule has 1 aliphatic rings. The van der Waals surface area contributed by atoms with E-state index in [1.807, 2.05) is 18.2 Å². The fraction of sp³-hybridized carbons (Fsp3) is 0.562. The van der Waals surface area contributed by atoms with Crippen LogP contribution in [0.4, 0.5) is 0 Å². The van der Waals surface area contributed by atoms with Gasteiger partial charge in [-0.1, -0.05) is 44.4 Å². The highest BCUT2D eigenvalue weighted by molar-refractivity contribution is 7.80. The molecule has 0 heterocycles. The van der Waals surface area contributed by atoms with Crippen molar-refractivity contribution in [2.75, 3.05) is 0 Å². The first-order chi connectivity index (χ1) is 9.12. The number of thiol groups is 1. The molecule has 1 fully saturated rings. The van der Waals surface area contributed by atoms with Crippen LogP contribution in [0.3, 0.4) is 0 Å². The number of amides is 1. The number of carbonyl (C=O) groups excluding carboxylic acids is 1. The summed E-state index contributed by atoms with van der Waals surface area (Å²) in [6, 6.07) is 8.12. The monoisotopic (exact) mass is 277 g/mol. The molecule has 2 nitrogen and oxygen atoms in total. The Balaban J connectivity index is 2.45. The Hall–Kier alpha value is -0.960. The van der Waals surface area contributed by atoms with E-state index < -0.39 is 0 Å². The van der Waals surface area contributed by atoms with Gasteiger partial charge in [0, 0.05) is 4.90 Å². The third-order valence-electron chi connectivity index (χ3n) is 4.53. The second-order valence-corrected chi connectivity index (χ2v) is 6.11. The second kappa shape index (κ2) is 6.00. The van der Waals surface area contributed by atoms with Crippen LogP contribution in [0.15, 0.2) is 29.2 Å². The quantitative estimate of drug-likeness (QED) is 0.805. The third kappa shape index (κ3) is 2.66. The van der Waals surface area contributed by atoms with Crippen molar-refractivity contribution in [2.45, 2.75) is 56.3 Å². The zero-order valence-electron chi connectivity index (χ0n) is 11.6. The van der Waals surface area contributed by atoms with Crippen molar-refractivity contribution in [1.29, 1.82) is 0 Å². The predicted molar refractivity (Wildman–Crippen MR) is 81.4 cm³/mol. The molecule has 0 radical (unpaired) electrons. The minimum Gasteiger partial charge on any atom is -0.369 e. The van der Waals surface area contributed by atoms with E-state index in [0.717, 1.165) is 37.0 Å².